The third-order valence-electron chi connectivity index (χ3n) is 2.28. The summed E-state index contributed by atoms with van der Waals surface area (Å²) < 4.78 is 5.17. The molecule has 0 aliphatic carbocycles. The van der Waals surface area contributed by atoms with Crippen molar-refractivity contribution in [3.8, 4) is 0 Å². The van der Waals surface area contributed by atoms with Gasteiger partial charge in [-0.05, 0) is 13.3 Å². The predicted molar refractivity (Wildman–Crippen MR) is 71.9 cm³/mol. The quantitative estimate of drug-likeness (QED) is 0.571. The van der Waals surface area contributed by atoms with E-state index in [-0.39, 0.29) is 6.61 Å². The topological polar surface area (TPSA) is 79.3 Å². The molecule has 0 aliphatic heterocycles. The molecular formula is C12H22N4O2. The van der Waals surface area contributed by atoms with Crippen LogP contribution in [-0.2, 0) is 4.74 Å². The molecule has 0 bridgehead atoms. The lowest BCUT2D eigenvalue weighted by atomic mass is 10.3. The molecule has 0 saturated heterocycles. The van der Waals surface area contributed by atoms with E-state index in [9.17, 15) is 0 Å². The van der Waals surface area contributed by atoms with Crippen LogP contribution in [0.3, 0.4) is 0 Å². The Bertz CT molecular complexity index is 347. The second-order valence-corrected chi connectivity index (χ2v) is 3.91. The van der Waals surface area contributed by atoms with Gasteiger partial charge in [0.1, 0.15) is 5.82 Å². The molecule has 6 heteroatoms. The van der Waals surface area contributed by atoms with Gasteiger partial charge >= 0.3 is 0 Å². The first-order chi connectivity index (χ1) is 8.77. The first-order valence-electron chi connectivity index (χ1n) is 6.28. The lowest BCUT2D eigenvalue weighted by Gasteiger charge is -2.10. The molecule has 0 aromatic carbocycles. The van der Waals surface area contributed by atoms with Crippen molar-refractivity contribution in [2.45, 2.75) is 20.3 Å². The molecule has 1 rings (SSSR count). The van der Waals surface area contributed by atoms with Crippen molar-refractivity contribution in [2.24, 2.45) is 0 Å². The number of rotatable bonds is 9. The third-order valence-corrected chi connectivity index (χ3v) is 2.28. The lowest BCUT2D eigenvalue weighted by molar-refractivity contribution is 0.0992. The predicted octanol–water partition coefficient (Wildman–Crippen LogP) is 1.03. The fraction of sp³-hybridized carbons (Fsp3) is 0.667. The molecule has 6 nitrogen and oxygen atoms in total. The molecule has 0 aliphatic rings. The highest BCUT2D eigenvalue weighted by molar-refractivity contribution is 5.46. The van der Waals surface area contributed by atoms with Crippen LogP contribution < -0.4 is 10.6 Å². The van der Waals surface area contributed by atoms with Crippen LogP contribution in [0.5, 0.6) is 0 Å². The third kappa shape index (κ3) is 5.29. The number of hydrogen-bond acceptors (Lipinski definition) is 6. The zero-order chi connectivity index (χ0) is 13.2. The van der Waals surface area contributed by atoms with E-state index in [0.29, 0.717) is 25.7 Å². The highest BCUT2D eigenvalue weighted by atomic mass is 16.5. The lowest BCUT2D eigenvalue weighted by Crippen LogP contribution is -2.14. The van der Waals surface area contributed by atoms with Gasteiger partial charge in [-0.1, -0.05) is 6.92 Å². The van der Waals surface area contributed by atoms with Crippen molar-refractivity contribution in [1.29, 1.82) is 0 Å². The first-order valence-corrected chi connectivity index (χ1v) is 6.28. The number of aliphatic hydroxyl groups is 1. The van der Waals surface area contributed by atoms with Crippen molar-refractivity contribution in [1.82, 2.24) is 9.97 Å². The summed E-state index contributed by atoms with van der Waals surface area (Å²) in [4.78, 5) is 8.60. The van der Waals surface area contributed by atoms with E-state index >= 15 is 0 Å². The number of ether oxygens (including phenoxy) is 1. The van der Waals surface area contributed by atoms with Crippen LogP contribution in [-0.4, -0.2) is 48.0 Å². The molecule has 1 heterocycles. The maximum atomic E-state index is 8.57. The number of aromatic nitrogens is 2. The molecule has 1 aromatic rings. The van der Waals surface area contributed by atoms with E-state index in [1.165, 1.54) is 0 Å². The summed E-state index contributed by atoms with van der Waals surface area (Å²) in [7, 11) is 0. The maximum Gasteiger partial charge on any atom is 0.224 e. The van der Waals surface area contributed by atoms with E-state index in [2.05, 4.69) is 27.5 Å². The average Bonchev–Trinajstić information content (AvgIpc) is 2.39. The summed E-state index contributed by atoms with van der Waals surface area (Å²) in [6.07, 6.45) is 2.83. The van der Waals surface area contributed by atoms with Gasteiger partial charge in [-0.3, -0.25) is 0 Å². The SMILES string of the molecule is CCCNc1ncc(C)c(NCCOCCO)n1. The normalized spacial score (nSPS) is 10.4. The molecule has 0 unspecified atom stereocenters. The summed E-state index contributed by atoms with van der Waals surface area (Å²) in [5.74, 6) is 1.46. The Morgan fingerprint density at radius 3 is 2.83 bits per heavy atom. The van der Waals surface area contributed by atoms with Gasteiger partial charge in [0.15, 0.2) is 0 Å². The molecule has 0 spiro atoms. The second-order valence-electron chi connectivity index (χ2n) is 3.91. The molecule has 0 radical (unpaired) electrons. The van der Waals surface area contributed by atoms with Crippen molar-refractivity contribution in [3.05, 3.63) is 11.8 Å². The maximum absolute atomic E-state index is 8.57. The van der Waals surface area contributed by atoms with E-state index < -0.39 is 0 Å². The van der Waals surface area contributed by atoms with Crippen molar-refractivity contribution in [3.63, 3.8) is 0 Å². The Labute approximate surface area is 108 Å². The zero-order valence-electron chi connectivity index (χ0n) is 11.1. The smallest absolute Gasteiger partial charge is 0.224 e. The first kappa shape index (κ1) is 14.7. The van der Waals surface area contributed by atoms with Gasteiger partial charge in [0.05, 0.1) is 19.8 Å². The highest BCUT2D eigenvalue weighted by Crippen LogP contribution is 2.11. The standard InChI is InChI=1S/C12H22N4O2/c1-3-4-14-12-15-9-10(2)11(16-12)13-5-7-18-8-6-17/h9,17H,3-8H2,1-2H3,(H2,13,14,15,16). The Morgan fingerprint density at radius 2 is 2.11 bits per heavy atom. The number of nitrogens with zero attached hydrogens (tertiary/aromatic N) is 2. The molecule has 3 N–H and O–H groups in total. The monoisotopic (exact) mass is 254 g/mol. The summed E-state index contributed by atoms with van der Waals surface area (Å²) in [6, 6.07) is 0. The molecule has 0 fully saturated rings. The Morgan fingerprint density at radius 1 is 1.28 bits per heavy atom. The minimum absolute atomic E-state index is 0.0532. The van der Waals surface area contributed by atoms with Gasteiger partial charge in [-0.2, -0.15) is 4.98 Å². The van der Waals surface area contributed by atoms with Crippen LogP contribution in [0.25, 0.3) is 0 Å². The summed E-state index contributed by atoms with van der Waals surface area (Å²) >= 11 is 0. The largest absolute Gasteiger partial charge is 0.394 e. The van der Waals surface area contributed by atoms with E-state index in [1.807, 2.05) is 6.92 Å². The molecular weight excluding hydrogens is 232 g/mol. The van der Waals surface area contributed by atoms with Crippen LogP contribution in [0.2, 0.25) is 0 Å². The van der Waals surface area contributed by atoms with Gasteiger partial charge in [0.25, 0.3) is 0 Å². The van der Waals surface area contributed by atoms with Crippen LogP contribution >= 0.6 is 0 Å². The van der Waals surface area contributed by atoms with Gasteiger partial charge in [0.2, 0.25) is 5.95 Å². The van der Waals surface area contributed by atoms with E-state index in [4.69, 9.17) is 9.84 Å². The van der Waals surface area contributed by atoms with E-state index in [0.717, 1.165) is 24.3 Å². The molecule has 0 saturated carbocycles. The fourth-order valence-corrected chi connectivity index (χ4v) is 1.35. The highest BCUT2D eigenvalue weighted by Gasteiger charge is 2.02. The fourth-order valence-electron chi connectivity index (χ4n) is 1.35. The Kier molecular flexibility index (Phi) is 7.05. The van der Waals surface area contributed by atoms with Crippen molar-refractivity contribution < 1.29 is 9.84 Å². The number of nitrogens with one attached hydrogen (secondary N) is 2. The molecule has 0 amide bonds. The average molecular weight is 254 g/mol. The molecule has 18 heavy (non-hydrogen) atoms. The Balaban J connectivity index is 2.42. The van der Waals surface area contributed by atoms with Crippen molar-refractivity contribution >= 4 is 11.8 Å². The van der Waals surface area contributed by atoms with Gasteiger partial charge in [-0.15, -0.1) is 0 Å². The number of hydrogen-bond donors (Lipinski definition) is 3. The number of anilines is 2. The van der Waals surface area contributed by atoms with Crippen LogP contribution in [0.1, 0.15) is 18.9 Å². The summed E-state index contributed by atoms with van der Waals surface area (Å²) in [6.45, 7) is 6.54. The van der Waals surface area contributed by atoms with Crippen LogP contribution in [0.15, 0.2) is 6.20 Å². The molecule has 0 atom stereocenters. The number of aliphatic hydroxyl groups excluding tert-OH is 1. The molecule has 102 valence electrons. The zero-order valence-corrected chi connectivity index (χ0v) is 11.1. The summed E-state index contributed by atoms with van der Waals surface area (Å²) in [5, 5.41) is 14.9. The Hall–Kier alpha value is -1.40. The minimum Gasteiger partial charge on any atom is -0.394 e. The second kappa shape index (κ2) is 8.66. The van der Waals surface area contributed by atoms with Crippen molar-refractivity contribution in [2.75, 3.05) is 43.5 Å². The summed E-state index contributed by atoms with van der Waals surface area (Å²) in [5.41, 5.74) is 0.999. The van der Waals surface area contributed by atoms with Gasteiger partial charge in [0, 0.05) is 24.8 Å². The van der Waals surface area contributed by atoms with E-state index in [1.54, 1.807) is 6.20 Å². The number of aryl methyl sites for hydroxylation is 1. The van der Waals surface area contributed by atoms with Gasteiger partial charge < -0.3 is 20.5 Å². The van der Waals surface area contributed by atoms with Gasteiger partial charge in [-0.25, -0.2) is 4.98 Å². The molecule has 1 aromatic heterocycles. The van der Waals surface area contributed by atoms with Crippen LogP contribution in [0, 0.1) is 6.92 Å². The van der Waals surface area contributed by atoms with Crippen LogP contribution in [0.4, 0.5) is 11.8 Å². The minimum atomic E-state index is 0.0532.